The molecule has 1 aliphatic rings. The summed E-state index contributed by atoms with van der Waals surface area (Å²) in [7, 11) is -3.72. The number of sulfonamides is 1. The van der Waals surface area contributed by atoms with Crippen molar-refractivity contribution < 1.29 is 22.7 Å². The fourth-order valence-corrected chi connectivity index (χ4v) is 3.99. The summed E-state index contributed by atoms with van der Waals surface area (Å²) in [4.78, 5) is 11.7. The number of hydrogen-bond donors (Lipinski definition) is 1. The summed E-state index contributed by atoms with van der Waals surface area (Å²) in [6, 6.07) is 6.08. The van der Waals surface area contributed by atoms with Crippen LogP contribution in [0.2, 0.25) is 0 Å². The van der Waals surface area contributed by atoms with Crippen LogP contribution in [0.4, 0.5) is 5.69 Å². The Balaban J connectivity index is 2.04. The minimum atomic E-state index is -3.72. The number of Topliss-reactive ketones (excluding diaryl/α,β-unsaturated/α-hetero) is 1. The van der Waals surface area contributed by atoms with E-state index in [9.17, 15) is 13.2 Å². The van der Waals surface area contributed by atoms with Crippen molar-refractivity contribution >= 4 is 32.8 Å². The van der Waals surface area contributed by atoms with Gasteiger partial charge in [0.15, 0.2) is 17.3 Å². The van der Waals surface area contributed by atoms with Crippen LogP contribution in [-0.4, -0.2) is 21.0 Å². The fraction of sp³-hybridized carbons (Fsp3) is 0.154. The van der Waals surface area contributed by atoms with Crippen molar-refractivity contribution in [1.82, 2.24) is 0 Å². The molecule has 3 rings (SSSR count). The van der Waals surface area contributed by atoms with Gasteiger partial charge in [0.1, 0.15) is 4.21 Å². The van der Waals surface area contributed by atoms with Crippen LogP contribution >= 0.6 is 11.3 Å². The molecule has 0 saturated carbocycles. The first-order chi connectivity index (χ1) is 9.97. The Bertz CT molecular complexity index is 796. The van der Waals surface area contributed by atoms with E-state index in [1.54, 1.807) is 11.4 Å². The molecule has 0 amide bonds. The smallest absolute Gasteiger partial charge is 0.271 e. The van der Waals surface area contributed by atoms with Gasteiger partial charge in [0, 0.05) is 11.6 Å². The van der Waals surface area contributed by atoms with Crippen LogP contribution in [0.15, 0.2) is 33.9 Å². The zero-order chi connectivity index (χ0) is 15.0. The highest BCUT2D eigenvalue weighted by molar-refractivity contribution is 7.94. The van der Waals surface area contributed by atoms with Crippen molar-refractivity contribution in [3.63, 3.8) is 0 Å². The van der Waals surface area contributed by atoms with E-state index in [1.165, 1.54) is 25.1 Å². The lowest BCUT2D eigenvalue weighted by molar-refractivity contribution is 0.101. The predicted octanol–water partition coefficient (Wildman–Crippen LogP) is 2.48. The summed E-state index contributed by atoms with van der Waals surface area (Å²) >= 11 is 1.10. The molecule has 6 nitrogen and oxygen atoms in total. The van der Waals surface area contributed by atoms with E-state index in [4.69, 9.17) is 9.47 Å². The fourth-order valence-electron chi connectivity index (χ4n) is 1.93. The van der Waals surface area contributed by atoms with E-state index in [0.717, 1.165) is 11.3 Å². The Morgan fingerprint density at radius 2 is 2.00 bits per heavy atom. The van der Waals surface area contributed by atoms with Crippen molar-refractivity contribution in [2.75, 3.05) is 11.5 Å². The van der Waals surface area contributed by atoms with E-state index in [1.807, 2.05) is 0 Å². The van der Waals surface area contributed by atoms with Crippen LogP contribution in [0.3, 0.4) is 0 Å². The molecule has 0 saturated heterocycles. The third-order valence-corrected chi connectivity index (χ3v) is 5.66. The molecule has 0 spiro atoms. The number of carbonyl (C=O) groups excluding carboxylic acids is 1. The standard InChI is InChI=1S/C13H11NO5S2/c1-8(15)9-5-11-12(19-7-18-11)6-10(9)14-21(16,17)13-3-2-4-20-13/h2-6,14H,7H2,1H3. The normalized spacial score (nSPS) is 13.2. The Kier molecular flexibility index (Phi) is 3.34. The molecule has 21 heavy (non-hydrogen) atoms. The van der Waals surface area contributed by atoms with Gasteiger partial charge in [-0.05, 0) is 24.4 Å². The number of rotatable bonds is 4. The molecule has 1 N–H and O–H groups in total. The third-order valence-electron chi connectivity index (χ3n) is 2.90. The molecule has 0 aliphatic carbocycles. The number of ketones is 1. The zero-order valence-corrected chi connectivity index (χ0v) is 12.6. The maximum Gasteiger partial charge on any atom is 0.271 e. The Morgan fingerprint density at radius 3 is 2.62 bits per heavy atom. The van der Waals surface area contributed by atoms with Gasteiger partial charge >= 0.3 is 0 Å². The van der Waals surface area contributed by atoms with E-state index < -0.39 is 10.0 Å². The number of thiophene rings is 1. The number of anilines is 1. The van der Waals surface area contributed by atoms with Crippen LogP contribution in [0.1, 0.15) is 17.3 Å². The van der Waals surface area contributed by atoms with Crippen LogP contribution in [0.25, 0.3) is 0 Å². The number of ether oxygens (including phenoxy) is 2. The highest BCUT2D eigenvalue weighted by Crippen LogP contribution is 2.38. The molecule has 0 unspecified atom stereocenters. The molecular weight excluding hydrogens is 314 g/mol. The zero-order valence-electron chi connectivity index (χ0n) is 11.0. The van der Waals surface area contributed by atoms with E-state index in [2.05, 4.69) is 4.72 Å². The Labute approximate surface area is 125 Å². The summed E-state index contributed by atoms with van der Waals surface area (Å²) in [5.41, 5.74) is 0.416. The highest BCUT2D eigenvalue weighted by atomic mass is 32.2. The van der Waals surface area contributed by atoms with Crippen LogP contribution < -0.4 is 14.2 Å². The first-order valence-corrected chi connectivity index (χ1v) is 8.34. The van der Waals surface area contributed by atoms with E-state index in [0.29, 0.717) is 11.5 Å². The van der Waals surface area contributed by atoms with Gasteiger partial charge in [-0.3, -0.25) is 9.52 Å². The van der Waals surface area contributed by atoms with Gasteiger partial charge in [0.25, 0.3) is 10.0 Å². The van der Waals surface area contributed by atoms with Crippen molar-refractivity contribution in [3.8, 4) is 11.5 Å². The van der Waals surface area contributed by atoms with Crippen LogP contribution in [-0.2, 0) is 10.0 Å². The van der Waals surface area contributed by atoms with Gasteiger partial charge in [-0.2, -0.15) is 0 Å². The summed E-state index contributed by atoms with van der Waals surface area (Å²) < 4.78 is 37.5. The van der Waals surface area contributed by atoms with Gasteiger partial charge in [0.05, 0.1) is 5.69 Å². The number of hydrogen-bond acceptors (Lipinski definition) is 6. The van der Waals surface area contributed by atoms with Crippen molar-refractivity contribution in [1.29, 1.82) is 0 Å². The molecule has 110 valence electrons. The molecule has 0 fully saturated rings. The minimum Gasteiger partial charge on any atom is -0.454 e. The monoisotopic (exact) mass is 325 g/mol. The molecule has 0 radical (unpaired) electrons. The van der Waals surface area contributed by atoms with Crippen molar-refractivity contribution in [2.45, 2.75) is 11.1 Å². The number of carbonyl (C=O) groups is 1. The van der Waals surface area contributed by atoms with Gasteiger partial charge in [-0.15, -0.1) is 11.3 Å². The predicted molar refractivity (Wildman–Crippen MR) is 77.7 cm³/mol. The van der Waals surface area contributed by atoms with E-state index in [-0.39, 0.29) is 28.0 Å². The second-order valence-corrected chi connectivity index (χ2v) is 7.20. The summed E-state index contributed by atoms with van der Waals surface area (Å²) in [6.45, 7) is 1.41. The first-order valence-electron chi connectivity index (χ1n) is 5.98. The first kappa shape index (κ1) is 13.9. The molecule has 8 heteroatoms. The maximum absolute atomic E-state index is 12.3. The molecule has 1 aliphatic heterocycles. The third kappa shape index (κ3) is 2.59. The number of fused-ring (bicyclic) bond motifs is 1. The van der Waals surface area contributed by atoms with Gasteiger partial charge in [-0.1, -0.05) is 6.07 Å². The number of nitrogens with one attached hydrogen (secondary N) is 1. The van der Waals surface area contributed by atoms with Gasteiger partial charge in [-0.25, -0.2) is 8.42 Å². The lowest BCUT2D eigenvalue weighted by atomic mass is 10.1. The lowest BCUT2D eigenvalue weighted by Crippen LogP contribution is -2.14. The molecule has 2 aromatic rings. The van der Waals surface area contributed by atoms with Gasteiger partial charge < -0.3 is 9.47 Å². The minimum absolute atomic E-state index is 0.0494. The van der Waals surface area contributed by atoms with Crippen LogP contribution in [0.5, 0.6) is 11.5 Å². The summed E-state index contributed by atoms with van der Waals surface area (Å²) in [5, 5.41) is 1.67. The largest absolute Gasteiger partial charge is 0.454 e. The highest BCUT2D eigenvalue weighted by Gasteiger charge is 2.23. The second-order valence-electron chi connectivity index (χ2n) is 4.34. The Hall–Kier alpha value is -2.06. The van der Waals surface area contributed by atoms with Crippen molar-refractivity contribution in [3.05, 3.63) is 35.2 Å². The topological polar surface area (TPSA) is 81.7 Å². The number of benzene rings is 1. The average molecular weight is 325 g/mol. The summed E-state index contributed by atoms with van der Waals surface area (Å²) in [6.07, 6.45) is 0. The molecule has 0 bridgehead atoms. The molecule has 2 heterocycles. The van der Waals surface area contributed by atoms with Gasteiger partial charge in [0.2, 0.25) is 6.79 Å². The van der Waals surface area contributed by atoms with Crippen LogP contribution in [0, 0.1) is 0 Å². The Morgan fingerprint density at radius 1 is 1.29 bits per heavy atom. The maximum atomic E-state index is 12.3. The SMILES string of the molecule is CC(=O)c1cc2c(cc1NS(=O)(=O)c1cccs1)OCO2. The molecule has 0 atom stereocenters. The quantitative estimate of drug-likeness (QED) is 0.873. The summed E-state index contributed by atoms with van der Waals surface area (Å²) in [5.74, 6) is 0.570. The molecule has 1 aromatic carbocycles. The lowest BCUT2D eigenvalue weighted by Gasteiger charge is -2.11. The van der Waals surface area contributed by atoms with Crippen molar-refractivity contribution in [2.24, 2.45) is 0 Å². The molecule has 1 aromatic heterocycles. The average Bonchev–Trinajstić information content (AvgIpc) is 3.08. The molecular formula is C13H11NO5S2. The second kappa shape index (κ2) is 5.05. The van der Waals surface area contributed by atoms with E-state index >= 15 is 0 Å².